The van der Waals surface area contributed by atoms with Gasteiger partial charge >= 0.3 is 0 Å². The van der Waals surface area contributed by atoms with Gasteiger partial charge in [-0.3, -0.25) is 4.79 Å². The van der Waals surface area contributed by atoms with Crippen LogP contribution in [-0.2, 0) is 11.2 Å². The van der Waals surface area contributed by atoms with Gasteiger partial charge in [0.1, 0.15) is 0 Å². The van der Waals surface area contributed by atoms with Gasteiger partial charge in [0.2, 0.25) is 5.91 Å². The molecule has 0 radical (unpaired) electrons. The highest BCUT2D eigenvalue weighted by Crippen LogP contribution is 2.29. The Morgan fingerprint density at radius 2 is 1.96 bits per heavy atom. The van der Waals surface area contributed by atoms with E-state index in [1.54, 1.807) is 0 Å². The smallest absolute Gasteiger partial charge is 0.223 e. The van der Waals surface area contributed by atoms with Crippen molar-refractivity contribution in [3.8, 4) is 0 Å². The highest BCUT2D eigenvalue weighted by Gasteiger charge is 2.30. The molecule has 1 saturated carbocycles. The Bertz CT molecular complexity index is 769. The van der Waals surface area contributed by atoms with Crippen LogP contribution in [0.5, 0.6) is 0 Å². The predicted octanol–water partition coefficient (Wildman–Crippen LogP) is 4.33. The fraction of sp³-hybridized carbons (Fsp3) is 0.609. The molecule has 0 spiro atoms. The van der Waals surface area contributed by atoms with Crippen molar-refractivity contribution < 1.29 is 4.79 Å². The topological polar surface area (TPSA) is 56.9 Å². The Hall–Kier alpha value is -1.81. The van der Waals surface area contributed by atoms with Crippen molar-refractivity contribution in [1.82, 2.24) is 15.6 Å². The first-order chi connectivity index (χ1) is 12.9. The first-order valence-electron chi connectivity index (χ1n) is 10.5. The van der Waals surface area contributed by atoms with Gasteiger partial charge in [0.15, 0.2) is 0 Å². The van der Waals surface area contributed by atoms with Crippen LogP contribution in [0.25, 0.3) is 10.9 Å². The first-order valence-corrected chi connectivity index (χ1v) is 10.5. The molecule has 3 N–H and O–H groups in total. The lowest BCUT2D eigenvalue weighted by Gasteiger charge is -2.32. The molecule has 0 aliphatic heterocycles. The highest BCUT2D eigenvalue weighted by molar-refractivity contribution is 5.84. The van der Waals surface area contributed by atoms with Gasteiger partial charge in [-0.2, -0.15) is 0 Å². The molecule has 1 amide bonds. The van der Waals surface area contributed by atoms with Crippen molar-refractivity contribution in [2.24, 2.45) is 11.8 Å². The number of H-pyrrole nitrogens is 1. The molecular weight excluding hydrogens is 334 g/mol. The van der Waals surface area contributed by atoms with Crippen LogP contribution >= 0.6 is 0 Å². The van der Waals surface area contributed by atoms with Crippen LogP contribution in [-0.4, -0.2) is 29.5 Å². The number of hydrogen-bond acceptors (Lipinski definition) is 2. The molecule has 4 heteroatoms. The Balaban J connectivity index is 1.56. The summed E-state index contributed by atoms with van der Waals surface area (Å²) in [5.41, 5.74) is 3.45. The zero-order valence-corrected chi connectivity index (χ0v) is 17.3. The summed E-state index contributed by atoms with van der Waals surface area (Å²) in [7, 11) is 0. The van der Waals surface area contributed by atoms with Gasteiger partial charge in [0, 0.05) is 28.6 Å². The highest BCUT2D eigenvalue weighted by atomic mass is 16.2. The summed E-state index contributed by atoms with van der Waals surface area (Å²) >= 11 is 0. The van der Waals surface area contributed by atoms with Crippen LogP contribution in [0.15, 0.2) is 24.4 Å². The summed E-state index contributed by atoms with van der Waals surface area (Å²) in [6.45, 7) is 10.6. The second-order valence-corrected chi connectivity index (χ2v) is 8.94. The average Bonchev–Trinajstić information content (AvgIpc) is 3.01. The minimum Gasteiger partial charge on any atom is -0.361 e. The molecule has 1 aliphatic carbocycles. The number of aromatic amines is 1. The molecule has 0 bridgehead atoms. The van der Waals surface area contributed by atoms with Crippen LogP contribution in [0.2, 0.25) is 0 Å². The lowest BCUT2D eigenvalue weighted by molar-refractivity contribution is -0.127. The number of fused-ring (bicyclic) bond motifs is 1. The molecule has 1 aliphatic rings. The predicted molar refractivity (Wildman–Crippen MR) is 113 cm³/mol. The van der Waals surface area contributed by atoms with Gasteiger partial charge in [0.25, 0.3) is 0 Å². The normalized spacial score (nSPS) is 20.7. The Morgan fingerprint density at radius 1 is 1.22 bits per heavy atom. The molecule has 0 unspecified atom stereocenters. The molecule has 2 aromatic rings. The maximum absolute atomic E-state index is 12.8. The van der Waals surface area contributed by atoms with Gasteiger partial charge in [-0.1, -0.05) is 19.1 Å². The van der Waals surface area contributed by atoms with Crippen molar-refractivity contribution in [1.29, 1.82) is 0 Å². The molecule has 1 aromatic heterocycles. The molecule has 3 rings (SSSR count). The molecule has 27 heavy (non-hydrogen) atoms. The fourth-order valence-corrected chi connectivity index (χ4v) is 4.38. The Kier molecular flexibility index (Phi) is 6.25. The SMILES string of the molecule is CCNCC1CCC(C(=O)NC(C)(C)Cc2c[nH]c3cc(C)ccc23)CC1. The van der Waals surface area contributed by atoms with Crippen LogP contribution in [0.1, 0.15) is 57.6 Å². The van der Waals surface area contributed by atoms with Crippen LogP contribution in [0, 0.1) is 18.8 Å². The number of hydrogen-bond donors (Lipinski definition) is 3. The summed E-state index contributed by atoms with van der Waals surface area (Å²) in [6, 6.07) is 6.51. The van der Waals surface area contributed by atoms with Crippen molar-refractivity contribution in [3.05, 3.63) is 35.5 Å². The molecule has 4 nitrogen and oxygen atoms in total. The number of aromatic nitrogens is 1. The number of rotatable bonds is 7. The second-order valence-electron chi connectivity index (χ2n) is 8.94. The maximum Gasteiger partial charge on any atom is 0.223 e. The third-order valence-corrected chi connectivity index (χ3v) is 5.92. The van der Waals surface area contributed by atoms with Crippen molar-refractivity contribution in [3.63, 3.8) is 0 Å². The summed E-state index contributed by atoms with van der Waals surface area (Å²) in [4.78, 5) is 16.2. The van der Waals surface area contributed by atoms with E-state index in [-0.39, 0.29) is 17.4 Å². The van der Waals surface area contributed by atoms with E-state index in [1.165, 1.54) is 22.0 Å². The largest absolute Gasteiger partial charge is 0.361 e. The van der Waals surface area contributed by atoms with E-state index < -0.39 is 0 Å². The third-order valence-electron chi connectivity index (χ3n) is 5.92. The van der Waals surface area contributed by atoms with E-state index in [1.807, 2.05) is 0 Å². The zero-order valence-electron chi connectivity index (χ0n) is 17.3. The van der Waals surface area contributed by atoms with Gasteiger partial charge in [-0.25, -0.2) is 0 Å². The van der Waals surface area contributed by atoms with E-state index >= 15 is 0 Å². The number of carbonyl (C=O) groups excluding carboxylic acids is 1. The van der Waals surface area contributed by atoms with Gasteiger partial charge < -0.3 is 15.6 Å². The molecular formula is C23H35N3O. The number of nitrogens with one attached hydrogen (secondary N) is 3. The standard InChI is InChI=1S/C23H35N3O/c1-5-24-14-17-7-9-18(10-8-17)22(27)26-23(3,4)13-19-15-25-21-12-16(2)6-11-20(19)21/h6,11-12,15,17-18,24-25H,5,7-10,13-14H2,1-4H3,(H,26,27). The zero-order chi connectivity index (χ0) is 19.4. The first kappa shape index (κ1) is 19.9. The average molecular weight is 370 g/mol. The minimum atomic E-state index is -0.252. The minimum absolute atomic E-state index is 0.174. The lowest BCUT2D eigenvalue weighted by Crippen LogP contribution is -2.48. The van der Waals surface area contributed by atoms with Gasteiger partial charge in [-0.15, -0.1) is 0 Å². The number of benzene rings is 1. The number of carbonyl (C=O) groups is 1. The van der Waals surface area contributed by atoms with E-state index in [9.17, 15) is 4.79 Å². The maximum atomic E-state index is 12.8. The number of aryl methyl sites for hydroxylation is 1. The van der Waals surface area contributed by atoms with E-state index in [4.69, 9.17) is 0 Å². The summed E-state index contributed by atoms with van der Waals surface area (Å²) < 4.78 is 0. The molecule has 0 atom stereocenters. The van der Waals surface area contributed by atoms with Crippen LogP contribution < -0.4 is 10.6 Å². The molecule has 0 saturated heterocycles. The van der Waals surface area contributed by atoms with E-state index in [0.29, 0.717) is 0 Å². The summed E-state index contributed by atoms with van der Waals surface area (Å²) in [5.74, 6) is 1.14. The van der Waals surface area contributed by atoms with Crippen molar-refractivity contribution in [2.45, 2.75) is 65.3 Å². The molecule has 1 heterocycles. The Labute approximate surface area is 163 Å². The number of amides is 1. The van der Waals surface area contributed by atoms with E-state index in [0.717, 1.165) is 51.1 Å². The summed E-state index contributed by atoms with van der Waals surface area (Å²) in [6.07, 6.45) is 7.27. The lowest BCUT2D eigenvalue weighted by atomic mass is 9.81. The van der Waals surface area contributed by atoms with Crippen LogP contribution in [0.3, 0.4) is 0 Å². The van der Waals surface area contributed by atoms with E-state index in [2.05, 4.69) is 67.7 Å². The second kappa shape index (κ2) is 8.47. The quantitative estimate of drug-likeness (QED) is 0.680. The van der Waals surface area contributed by atoms with Crippen LogP contribution in [0.4, 0.5) is 0 Å². The van der Waals surface area contributed by atoms with Crippen molar-refractivity contribution in [2.75, 3.05) is 13.1 Å². The molecule has 1 aromatic carbocycles. The van der Waals surface area contributed by atoms with Gasteiger partial charge in [-0.05, 0) is 89.1 Å². The monoisotopic (exact) mass is 369 g/mol. The molecule has 1 fully saturated rings. The molecule has 148 valence electrons. The van der Waals surface area contributed by atoms with Gasteiger partial charge in [0.05, 0.1) is 0 Å². The summed E-state index contributed by atoms with van der Waals surface area (Å²) in [5, 5.41) is 8.03. The fourth-order valence-electron chi connectivity index (χ4n) is 4.38. The van der Waals surface area contributed by atoms with Crippen molar-refractivity contribution >= 4 is 16.8 Å². The Morgan fingerprint density at radius 3 is 2.67 bits per heavy atom. The third kappa shape index (κ3) is 5.13.